The lowest BCUT2D eigenvalue weighted by molar-refractivity contribution is 0.0836. The number of nitrogens with zero attached hydrogens (tertiary/aromatic N) is 1. The fourth-order valence-corrected chi connectivity index (χ4v) is 0.622. The van der Waals surface area contributed by atoms with Gasteiger partial charge in [-0.05, 0) is 29.8 Å². The average Bonchev–Trinajstić information content (AvgIpc) is 2.01. The number of allylic oxidation sites excluding steroid dienone is 1. The summed E-state index contributed by atoms with van der Waals surface area (Å²) in [4.78, 5) is 4.04. The number of hydrogen-bond donors (Lipinski definition) is 1. The van der Waals surface area contributed by atoms with Crippen molar-refractivity contribution in [3.8, 4) is 0 Å². The van der Waals surface area contributed by atoms with Gasteiger partial charge in [0.15, 0.2) is 0 Å². The molecule has 0 aromatic rings. The monoisotopic (exact) mass is 220 g/mol. The maximum Gasteiger partial charge on any atom is 0.145 e. The Morgan fingerprint density at radius 1 is 1.82 bits per heavy atom. The van der Waals surface area contributed by atoms with Gasteiger partial charge in [-0.2, -0.15) is 0 Å². The van der Waals surface area contributed by atoms with E-state index in [9.17, 15) is 0 Å². The maximum atomic E-state index is 5.19. The van der Waals surface area contributed by atoms with Crippen LogP contribution in [0, 0.1) is 0 Å². The summed E-state index contributed by atoms with van der Waals surface area (Å²) < 4.78 is 5.90. The summed E-state index contributed by atoms with van der Waals surface area (Å²) in [6, 6.07) is 0. The lowest BCUT2D eigenvalue weighted by atomic mass is 10.6. The quantitative estimate of drug-likeness (QED) is 0.733. The zero-order valence-electron chi connectivity index (χ0n) is 6.75. The normalized spacial score (nSPS) is 15.7. The minimum absolute atomic E-state index is 0.104. The van der Waals surface area contributed by atoms with Crippen LogP contribution in [0.15, 0.2) is 15.7 Å². The van der Waals surface area contributed by atoms with Crippen LogP contribution in [0.25, 0.3) is 0 Å². The number of aliphatic imine (C=N–C) groups is 1. The molecule has 0 rings (SSSR count). The Bertz CT molecular complexity index is 157. The van der Waals surface area contributed by atoms with Gasteiger partial charge in [-0.15, -0.1) is 0 Å². The van der Waals surface area contributed by atoms with Crippen molar-refractivity contribution in [2.75, 3.05) is 6.61 Å². The van der Waals surface area contributed by atoms with Crippen LogP contribution in [0.5, 0.6) is 0 Å². The molecular weight excluding hydrogens is 208 g/mol. The first-order valence-electron chi connectivity index (χ1n) is 3.42. The minimum Gasteiger partial charge on any atom is -0.404 e. The topological polar surface area (TPSA) is 47.6 Å². The first kappa shape index (κ1) is 10.7. The Labute approximate surface area is 75.5 Å². The van der Waals surface area contributed by atoms with Gasteiger partial charge in [0.1, 0.15) is 6.23 Å². The van der Waals surface area contributed by atoms with Gasteiger partial charge in [0.2, 0.25) is 0 Å². The Morgan fingerprint density at radius 3 is 2.91 bits per heavy atom. The molecule has 1 atom stereocenters. The molecule has 2 N–H and O–H groups in total. The molecule has 0 aromatic heterocycles. The number of rotatable bonds is 4. The second-order valence-corrected chi connectivity index (χ2v) is 2.80. The second-order valence-electron chi connectivity index (χ2n) is 1.88. The molecule has 0 amide bonds. The van der Waals surface area contributed by atoms with E-state index in [-0.39, 0.29) is 6.23 Å². The fourth-order valence-electron chi connectivity index (χ4n) is 0.503. The van der Waals surface area contributed by atoms with Gasteiger partial charge < -0.3 is 10.5 Å². The van der Waals surface area contributed by atoms with E-state index in [0.717, 1.165) is 4.48 Å². The molecule has 0 aromatic carbocycles. The summed E-state index contributed by atoms with van der Waals surface area (Å²) in [5.74, 6) is 0. The molecule has 0 saturated heterocycles. The maximum absolute atomic E-state index is 5.19. The van der Waals surface area contributed by atoms with Crippen molar-refractivity contribution in [3.05, 3.63) is 10.7 Å². The van der Waals surface area contributed by atoms with E-state index in [1.54, 1.807) is 6.21 Å². The molecule has 3 nitrogen and oxygen atoms in total. The van der Waals surface area contributed by atoms with E-state index in [0.29, 0.717) is 6.61 Å². The van der Waals surface area contributed by atoms with E-state index < -0.39 is 0 Å². The first-order chi connectivity index (χ1) is 5.20. The first-order valence-corrected chi connectivity index (χ1v) is 4.22. The zero-order valence-corrected chi connectivity index (χ0v) is 8.34. The van der Waals surface area contributed by atoms with E-state index in [2.05, 4.69) is 20.9 Å². The Balaban J connectivity index is 3.72. The van der Waals surface area contributed by atoms with Gasteiger partial charge in [-0.3, -0.25) is 4.99 Å². The van der Waals surface area contributed by atoms with E-state index in [1.165, 1.54) is 6.20 Å². The lowest BCUT2D eigenvalue weighted by Gasteiger charge is -2.03. The molecule has 11 heavy (non-hydrogen) atoms. The van der Waals surface area contributed by atoms with Crippen LogP contribution >= 0.6 is 15.9 Å². The highest BCUT2D eigenvalue weighted by Gasteiger charge is 1.93. The molecule has 0 bridgehead atoms. The minimum atomic E-state index is -0.104. The molecule has 0 heterocycles. The number of ether oxygens (including phenoxy) is 1. The summed E-state index contributed by atoms with van der Waals surface area (Å²) in [5, 5.41) is 0. The Morgan fingerprint density at radius 2 is 2.45 bits per heavy atom. The average molecular weight is 221 g/mol. The van der Waals surface area contributed by atoms with Crippen LogP contribution in [0.3, 0.4) is 0 Å². The van der Waals surface area contributed by atoms with Gasteiger partial charge in [0, 0.05) is 19.0 Å². The standard InChI is InChI=1S/C7H13BrN2O/c1-3-11-6(2)10-5-7(8)4-9/h4-6H,3,9H2,1-2H3. The van der Waals surface area contributed by atoms with Crippen LogP contribution in [-0.4, -0.2) is 19.0 Å². The highest BCUT2D eigenvalue weighted by atomic mass is 79.9. The van der Waals surface area contributed by atoms with Crippen LogP contribution in [-0.2, 0) is 4.74 Å². The predicted octanol–water partition coefficient (Wildman–Crippen LogP) is 1.63. The third-order valence-electron chi connectivity index (χ3n) is 0.975. The van der Waals surface area contributed by atoms with Gasteiger partial charge >= 0.3 is 0 Å². The third kappa shape index (κ3) is 6.06. The van der Waals surface area contributed by atoms with Crippen LogP contribution in [0.4, 0.5) is 0 Å². The summed E-state index contributed by atoms with van der Waals surface area (Å²) in [7, 11) is 0. The van der Waals surface area contributed by atoms with Crippen molar-refractivity contribution in [1.29, 1.82) is 0 Å². The molecule has 4 heteroatoms. The zero-order chi connectivity index (χ0) is 8.69. The SMILES string of the molecule is CCOC(C)N=CC(Br)=CN. The highest BCUT2D eigenvalue weighted by molar-refractivity contribution is 9.12. The Hall–Kier alpha value is -0.350. The van der Waals surface area contributed by atoms with Crippen molar-refractivity contribution < 1.29 is 4.74 Å². The van der Waals surface area contributed by atoms with Crippen LogP contribution in [0.1, 0.15) is 13.8 Å². The Kier molecular flexibility index (Phi) is 6.16. The summed E-state index contributed by atoms with van der Waals surface area (Å²) in [5.41, 5.74) is 5.19. The molecule has 0 radical (unpaired) electrons. The summed E-state index contributed by atoms with van der Waals surface area (Å²) in [6.45, 7) is 4.47. The van der Waals surface area contributed by atoms with Crippen molar-refractivity contribution >= 4 is 22.1 Å². The molecule has 0 aliphatic rings. The molecule has 0 aliphatic heterocycles. The smallest absolute Gasteiger partial charge is 0.145 e. The lowest BCUT2D eigenvalue weighted by Crippen LogP contribution is -2.04. The third-order valence-corrected chi connectivity index (χ3v) is 1.44. The molecule has 0 aliphatic carbocycles. The largest absolute Gasteiger partial charge is 0.404 e. The summed E-state index contributed by atoms with van der Waals surface area (Å²) in [6.07, 6.45) is 2.95. The van der Waals surface area contributed by atoms with E-state index in [1.807, 2.05) is 13.8 Å². The molecule has 0 spiro atoms. The van der Waals surface area contributed by atoms with Gasteiger partial charge in [-0.25, -0.2) is 0 Å². The molecule has 0 saturated carbocycles. The van der Waals surface area contributed by atoms with Gasteiger partial charge in [-0.1, -0.05) is 0 Å². The predicted molar refractivity (Wildman–Crippen MR) is 50.8 cm³/mol. The van der Waals surface area contributed by atoms with Crippen LogP contribution in [0.2, 0.25) is 0 Å². The number of nitrogens with two attached hydrogens (primary N) is 1. The number of hydrogen-bond acceptors (Lipinski definition) is 3. The highest BCUT2D eigenvalue weighted by Crippen LogP contribution is 1.99. The second kappa shape index (κ2) is 6.37. The van der Waals surface area contributed by atoms with Crippen molar-refractivity contribution in [2.45, 2.75) is 20.1 Å². The molecular formula is C7H13BrN2O. The van der Waals surface area contributed by atoms with E-state index >= 15 is 0 Å². The summed E-state index contributed by atoms with van der Waals surface area (Å²) >= 11 is 3.19. The van der Waals surface area contributed by atoms with Crippen molar-refractivity contribution in [3.63, 3.8) is 0 Å². The van der Waals surface area contributed by atoms with Gasteiger partial charge in [0.05, 0.1) is 4.48 Å². The van der Waals surface area contributed by atoms with E-state index in [4.69, 9.17) is 10.5 Å². The number of halogens is 1. The molecule has 64 valence electrons. The molecule has 0 fully saturated rings. The van der Waals surface area contributed by atoms with Crippen LogP contribution < -0.4 is 5.73 Å². The molecule has 1 unspecified atom stereocenters. The fraction of sp³-hybridized carbons (Fsp3) is 0.571. The van der Waals surface area contributed by atoms with Crippen molar-refractivity contribution in [2.24, 2.45) is 10.7 Å². The van der Waals surface area contributed by atoms with Gasteiger partial charge in [0.25, 0.3) is 0 Å². The van der Waals surface area contributed by atoms with Crippen molar-refractivity contribution in [1.82, 2.24) is 0 Å².